The van der Waals surface area contributed by atoms with Crippen molar-refractivity contribution < 1.29 is 102 Å². The second-order valence-corrected chi connectivity index (χ2v) is 32.0. The maximum absolute atomic E-state index is 14.5. The minimum atomic E-state index is -3.77. The number of fused-ring (bicyclic) bond motifs is 3. The number of nitrogens with zero attached hydrogens (tertiary/aromatic N) is 9. The van der Waals surface area contributed by atoms with E-state index in [-0.39, 0.29) is 116 Å². The molecule has 3 aliphatic heterocycles. The predicted octanol–water partition coefficient (Wildman–Crippen LogP) is 11.4. The van der Waals surface area contributed by atoms with Crippen molar-refractivity contribution in [3.8, 4) is 11.3 Å². The fourth-order valence-electron chi connectivity index (χ4n) is 8.50. The van der Waals surface area contributed by atoms with Crippen LogP contribution < -0.4 is 16.8 Å². The standard InChI is InChI=1S/C18H15Cl2FN4O2S2.C17H20BrClN4O4S2.C12H12BrClN4O2S2.CH4.3W/c1-18(8-29(26,27)25(2)17(22)24-18)16-13(20)11-5-6-23-14(15(11)28-16)10-4-3-9(19)7-12(10)21;1-16(2,3)27-15(24)21-14-22-17(4,8-29(25,26)23(14)5)12-10(19)9-6-7-20-13(18)11(9)28-12;1-12(5-22(19,20)18(2)11(15)17-12)9-7(14)6-3-4-16-10(13)8(6)21-9;;;;/h3-7H,8H2,1-2H3,(H2,22,24);6-7H,8H2,1-5H3,(H,21,22,24);3-4H,5H2,1-2H3,(H2,15,17);1H4;;;/t18-;17-;12-;;;;/m000..../s1. The summed E-state index contributed by atoms with van der Waals surface area (Å²) in [5, 5.41) is 6.17. The average molecular weight is 1990 g/mol. The Morgan fingerprint density at radius 3 is 1.39 bits per heavy atom. The first-order valence-electron chi connectivity index (χ1n) is 23.1. The van der Waals surface area contributed by atoms with Crippen LogP contribution in [0.3, 0.4) is 0 Å². The van der Waals surface area contributed by atoms with Crippen LogP contribution in [-0.4, -0.2) is 121 Å². The molecule has 9 heterocycles. The second kappa shape index (κ2) is 27.1. The van der Waals surface area contributed by atoms with Crippen LogP contribution in [0.2, 0.25) is 20.1 Å². The number of rotatable bonds is 4. The molecule has 3 aliphatic rings. The van der Waals surface area contributed by atoms with Crippen molar-refractivity contribution in [3.05, 3.63) is 105 Å². The zero-order chi connectivity index (χ0) is 59.2. The van der Waals surface area contributed by atoms with Crippen molar-refractivity contribution in [3.63, 3.8) is 0 Å². The number of carbonyl (C=O) groups is 1. The summed E-state index contributed by atoms with van der Waals surface area (Å²) in [4.78, 5) is 40.0. The first-order chi connectivity index (χ1) is 36.9. The molecule has 84 heavy (non-hydrogen) atoms. The summed E-state index contributed by atoms with van der Waals surface area (Å²) < 4.78 is 101. The Balaban J connectivity index is 0.000000267. The van der Waals surface area contributed by atoms with Gasteiger partial charge < -0.3 is 16.2 Å². The third kappa shape index (κ3) is 14.8. The number of hydrogen-bond donors (Lipinski definition) is 3. The Hall–Kier alpha value is -2.21. The second-order valence-electron chi connectivity index (χ2n) is 19.8. The molecule has 10 rings (SSSR count). The third-order valence-corrected chi connectivity index (χ3v) is 26.2. The third-order valence-electron chi connectivity index (χ3n) is 12.5. The van der Waals surface area contributed by atoms with Gasteiger partial charge in [0.1, 0.15) is 37.2 Å². The van der Waals surface area contributed by atoms with Crippen LogP contribution in [-0.2, 0) is 115 Å². The van der Waals surface area contributed by atoms with Gasteiger partial charge in [0, 0.05) is 130 Å². The zero-order valence-electron chi connectivity index (χ0n) is 44.6. The SMILES string of the molecule is C.CN1C(N)=N[C@](C)(c2sc3c(-c4ccc(Cl)cc4F)nccc3c2Cl)CS1(=O)=O.CN1C(N)=N[C@](C)(c2sc3c(Br)nccc3c2Cl)CS1(=O)=O.CN1C(NC(=O)OC(C)(C)C)=N[C@](C)(c2sc3c(Br)nccc3c2Cl)CS1(=O)=O.[W].[W].[W]. The summed E-state index contributed by atoms with van der Waals surface area (Å²) >= 11 is 36.2. The summed E-state index contributed by atoms with van der Waals surface area (Å²) in [5.74, 6) is -1.57. The molecule has 36 heteroatoms. The monoisotopic (exact) mass is 1980 g/mol. The number of aliphatic imine (C=N–C) groups is 3. The van der Waals surface area contributed by atoms with Gasteiger partial charge in [0.25, 0.3) is 0 Å². The number of nitrogens with one attached hydrogen (secondary N) is 1. The Kier molecular flexibility index (Phi) is 24.0. The molecule has 0 bridgehead atoms. The van der Waals surface area contributed by atoms with Gasteiger partial charge in [-0.15, -0.1) is 34.0 Å². The molecule has 0 aliphatic carbocycles. The summed E-state index contributed by atoms with van der Waals surface area (Å²) in [5.41, 5.74) is 8.16. The van der Waals surface area contributed by atoms with Gasteiger partial charge in [0.2, 0.25) is 47.9 Å². The normalized spacial score (nSPS) is 21.3. The number of nitrogens with two attached hydrogens (primary N) is 2. The van der Waals surface area contributed by atoms with Gasteiger partial charge >= 0.3 is 6.09 Å². The Labute approximate surface area is 577 Å². The first kappa shape index (κ1) is 74.3. The molecule has 1 amide bonds. The van der Waals surface area contributed by atoms with Gasteiger partial charge in [-0.1, -0.05) is 53.8 Å². The van der Waals surface area contributed by atoms with Crippen molar-refractivity contribution in [2.45, 2.75) is 71.2 Å². The van der Waals surface area contributed by atoms with Crippen molar-refractivity contribution in [2.24, 2.45) is 26.4 Å². The zero-order valence-corrected chi connectivity index (χ0v) is 64.5. The maximum atomic E-state index is 14.5. The Bertz CT molecular complexity index is 4180. The van der Waals surface area contributed by atoms with Crippen molar-refractivity contribution >= 4 is 197 Å². The number of aromatic nitrogens is 3. The molecule has 7 aromatic rings. The van der Waals surface area contributed by atoms with E-state index in [0.29, 0.717) is 54.7 Å². The van der Waals surface area contributed by atoms with Gasteiger partial charge in [-0.3, -0.25) is 10.3 Å². The van der Waals surface area contributed by atoms with Crippen LogP contribution in [0.15, 0.2) is 79.2 Å². The van der Waals surface area contributed by atoms with Crippen LogP contribution in [0.25, 0.3) is 41.5 Å². The summed E-state index contributed by atoms with van der Waals surface area (Å²) in [6, 6.07) is 9.59. The van der Waals surface area contributed by atoms with Gasteiger partial charge in [0.05, 0.1) is 66.8 Å². The van der Waals surface area contributed by atoms with E-state index in [4.69, 9.17) is 62.6 Å². The fourth-order valence-corrected chi connectivity index (χ4v) is 19.6. The van der Waals surface area contributed by atoms with Gasteiger partial charge in [-0.25, -0.2) is 72.3 Å². The van der Waals surface area contributed by atoms with E-state index in [1.807, 2.05) is 0 Å². The molecule has 0 fully saturated rings. The number of ether oxygens (including phenoxy) is 1. The summed E-state index contributed by atoms with van der Waals surface area (Å²) in [6.45, 7) is 10.2. The van der Waals surface area contributed by atoms with Crippen molar-refractivity contribution in [2.75, 3.05) is 38.4 Å². The number of guanidine groups is 3. The number of amides is 1. The smallest absolute Gasteiger partial charge is 0.414 e. The van der Waals surface area contributed by atoms with E-state index < -0.39 is 64.2 Å². The Morgan fingerprint density at radius 2 is 1.01 bits per heavy atom. The molecule has 454 valence electrons. The number of hydrogen-bond acceptors (Lipinski definition) is 19. The minimum Gasteiger partial charge on any atom is -0.444 e. The van der Waals surface area contributed by atoms with Gasteiger partial charge in [-0.2, -0.15) is 0 Å². The number of sulfonamides is 3. The molecule has 0 spiro atoms. The summed E-state index contributed by atoms with van der Waals surface area (Å²) in [6.07, 6.45) is 3.98. The Morgan fingerprint density at radius 1 is 0.643 bits per heavy atom. The van der Waals surface area contributed by atoms with E-state index in [1.54, 1.807) is 84.3 Å². The van der Waals surface area contributed by atoms with Crippen molar-refractivity contribution in [1.82, 2.24) is 33.2 Å². The van der Waals surface area contributed by atoms with Crippen LogP contribution in [0, 0.1) is 5.82 Å². The molecular weight excluding hydrogens is 1940 g/mol. The van der Waals surface area contributed by atoms with E-state index in [9.17, 15) is 34.4 Å². The quantitative estimate of drug-likeness (QED) is 0.138. The fraction of sp³-hybridized carbons (Fsp3) is 0.354. The van der Waals surface area contributed by atoms with Crippen LogP contribution in [0.4, 0.5) is 9.18 Å². The van der Waals surface area contributed by atoms with Crippen molar-refractivity contribution in [1.29, 1.82) is 0 Å². The van der Waals surface area contributed by atoms with Crippen LogP contribution in [0.1, 0.15) is 63.6 Å². The first-order valence-corrected chi connectivity index (χ1v) is 33.5. The minimum absolute atomic E-state index is 0. The van der Waals surface area contributed by atoms with Crippen LogP contribution >= 0.6 is 112 Å². The van der Waals surface area contributed by atoms with E-state index in [2.05, 4.69) is 67.1 Å². The number of alkyl carbamates (subject to hydrolysis) is 1. The van der Waals surface area contributed by atoms with Gasteiger partial charge in [0.15, 0.2) is 0 Å². The van der Waals surface area contributed by atoms with Gasteiger partial charge in [-0.05, 0) is 110 Å². The van der Waals surface area contributed by atoms with Crippen LogP contribution in [0.5, 0.6) is 0 Å². The molecular formula is C48H51Br2Cl4FN12O8S6W3. The number of carbonyl (C=O) groups excluding carboxylic acids is 1. The molecule has 20 nitrogen and oxygen atoms in total. The predicted molar refractivity (Wildman–Crippen MR) is 333 cm³/mol. The van der Waals surface area contributed by atoms with E-state index in [0.717, 1.165) is 33.1 Å². The number of pyridine rings is 3. The molecule has 5 N–H and O–H groups in total. The topological polar surface area (TPSA) is 278 Å². The number of benzene rings is 1. The largest absolute Gasteiger partial charge is 0.444 e. The number of thiophene rings is 3. The molecule has 0 saturated heterocycles. The summed E-state index contributed by atoms with van der Waals surface area (Å²) in [7, 11) is -6.88. The molecule has 1 aromatic carbocycles. The van der Waals surface area contributed by atoms with E-state index >= 15 is 0 Å². The number of halogens is 7. The molecule has 0 radical (unpaired) electrons. The average Bonchev–Trinajstić information content (AvgIpc) is 4.01. The maximum Gasteiger partial charge on any atom is 0.414 e. The molecule has 0 saturated carbocycles. The molecule has 6 aromatic heterocycles. The molecule has 0 unspecified atom stereocenters. The van der Waals surface area contributed by atoms with E-state index in [1.165, 1.54) is 67.4 Å². The molecule has 3 atom stereocenters.